The maximum Gasteiger partial charge on any atom is 0.258 e. The van der Waals surface area contributed by atoms with Gasteiger partial charge in [-0.2, -0.15) is 10.2 Å². The van der Waals surface area contributed by atoms with Gasteiger partial charge in [-0.15, -0.1) is 0 Å². The van der Waals surface area contributed by atoms with Gasteiger partial charge >= 0.3 is 0 Å². The van der Waals surface area contributed by atoms with Crippen molar-refractivity contribution in [3.8, 4) is 17.5 Å². The monoisotopic (exact) mass is 257 g/mol. The van der Waals surface area contributed by atoms with Gasteiger partial charge < -0.3 is 9.26 Å². The van der Waals surface area contributed by atoms with Crippen LogP contribution in [0.25, 0.3) is 11.5 Å². The minimum Gasteiger partial charge on any atom is -0.385 e. The zero-order valence-corrected chi connectivity index (χ0v) is 11.0. The summed E-state index contributed by atoms with van der Waals surface area (Å²) in [5.74, 6) is 1.17. The lowest BCUT2D eigenvalue weighted by Gasteiger charge is -2.00. The highest BCUT2D eigenvalue weighted by Gasteiger charge is 2.11. The quantitative estimate of drug-likeness (QED) is 0.769. The van der Waals surface area contributed by atoms with Gasteiger partial charge in [0.25, 0.3) is 5.89 Å². The van der Waals surface area contributed by atoms with Crippen LogP contribution in [0.3, 0.4) is 0 Å². The van der Waals surface area contributed by atoms with Gasteiger partial charge in [-0.25, -0.2) is 0 Å². The molecule has 5 heteroatoms. The van der Waals surface area contributed by atoms with Crippen LogP contribution in [0.1, 0.15) is 23.4 Å². The average molecular weight is 257 g/mol. The highest BCUT2D eigenvalue weighted by Crippen LogP contribution is 2.22. The minimum absolute atomic E-state index is 0.495. The summed E-state index contributed by atoms with van der Waals surface area (Å²) in [6.07, 6.45) is 1.59. The first kappa shape index (κ1) is 13.2. The lowest BCUT2D eigenvalue weighted by Crippen LogP contribution is -1.94. The highest BCUT2D eigenvalue weighted by molar-refractivity contribution is 5.60. The molecule has 0 aliphatic heterocycles. The molecule has 19 heavy (non-hydrogen) atoms. The molecule has 2 rings (SSSR count). The summed E-state index contributed by atoms with van der Waals surface area (Å²) in [4.78, 5) is 4.35. The molecule has 0 atom stereocenters. The first-order valence-corrected chi connectivity index (χ1v) is 6.07. The van der Waals surface area contributed by atoms with E-state index in [-0.39, 0.29) is 0 Å². The van der Waals surface area contributed by atoms with Crippen molar-refractivity contribution in [1.82, 2.24) is 10.1 Å². The SMILES string of the molecule is COCCCc1noc(-c2ccc(C#N)cc2C)n1. The summed E-state index contributed by atoms with van der Waals surface area (Å²) in [6, 6.07) is 7.50. The minimum atomic E-state index is 0.495. The third-order valence-corrected chi connectivity index (χ3v) is 2.80. The molecule has 0 saturated carbocycles. The molecule has 98 valence electrons. The molecule has 0 aliphatic carbocycles. The molecule has 0 spiro atoms. The van der Waals surface area contributed by atoms with Gasteiger partial charge in [-0.05, 0) is 37.1 Å². The Morgan fingerprint density at radius 1 is 1.42 bits per heavy atom. The zero-order chi connectivity index (χ0) is 13.7. The number of ether oxygens (including phenoxy) is 1. The molecule has 0 bridgehead atoms. The fourth-order valence-corrected chi connectivity index (χ4v) is 1.81. The fraction of sp³-hybridized carbons (Fsp3) is 0.357. The highest BCUT2D eigenvalue weighted by atomic mass is 16.5. The van der Waals surface area contributed by atoms with Gasteiger partial charge in [0, 0.05) is 25.7 Å². The van der Waals surface area contributed by atoms with Gasteiger partial charge in [0.1, 0.15) is 0 Å². The number of hydrogen-bond donors (Lipinski definition) is 0. The molecule has 1 heterocycles. The zero-order valence-electron chi connectivity index (χ0n) is 11.0. The van der Waals surface area contributed by atoms with Crippen molar-refractivity contribution in [2.45, 2.75) is 19.8 Å². The van der Waals surface area contributed by atoms with Gasteiger partial charge in [0.2, 0.25) is 0 Å². The summed E-state index contributed by atoms with van der Waals surface area (Å²) in [6.45, 7) is 2.60. The second-order valence-corrected chi connectivity index (χ2v) is 4.25. The Kier molecular flexibility index (Phi) is 4.26. The Bertz CT molecular complexity index is 599. The number of hydrogen-bond acceptors (Lipinski definition) is 5. The van der Waals surface area contributed by atoms with E-state index >= 15 is 0 Å². The maximum atomic E-state index is 8.83. The van der Waals surface area contributed by atoms with Crippen molar-refractivity contribution in [2.24, 2.45) is 0 Å². The predicted octanol–water partition coefficient (Wildman–Crippen LogP) is 2.50. The summed E-state index contributed by atoms with van der Waals surface area (Å²) in [7, 11) is 1.67. The molecule has 1 aromatic carbocycles. The van der Waals surface area contributed by atoms with E-state index < -0.39 is 0 Å². The van der Waals surface area contributed by atoms with Crippen LogP contribution < -0.4 is 0 Å². The Hall–Kier alpha value is -2.19. The van der Waals surface area contributed by atoms with Crippen molar-refractivity contribution >= 4 is 0 Å². The topological polar surface area (TPSA) is 71.9 Å². The van der Waals surface area contributed by atoms with Crippen LogP contribution in [0.5, 0.6) is 0 Å². The molecular weight excluding hydrogens is 242 g/mol. The number of rotatable bonds is 5. The number of aryl methyl sites for hydroxylation is 2. The van der Waals surface area contributed by atoms with Gasteiger partial charge in [0.05, 0.1) is 11.6 Å². The van der Waals surface area contributed by atoms with E-state index in [1.165, 1.54) is 0 Å². The lowest BCUT2D eigenvalue weighted by atomic mass is 10.1. The standard InChI is InChI=1S/C14H15N3O2/c1-10-8-11(9-15)5-6-12(10)14-16-13(17-19-14)4-3-7-18-2/h5-6,8H,3-4,7H2,1-2H3. The van der Waals surface area contributed by atoms with Crippen molar-refractivity contribution < 1.29 is 9.26 Å². The van der Waals surface area contributed by atoms with Crippen LogP contribution in [0.2, 0.25) is 0 Å². The summed E-state index contributed by atoms with van der Waals surface area (Å²) in [5.41, 5.74) is 2.44. The van der Waals surface area contributed by atoms with Crippen molar-refractivity contribution in [1.29, 1.82) is 5.26 Å². The van der Waals surface area contributed by atoms with Crippen LogP contribution in [0.15, 0.2) is 22.7 Å². The molecular formula is C14H15N3O2. The molecule has 0 radical (unpaired) electrons. The Morgan fingerprint density at radius 3 is 2.95 bits per heavy atom. The summed E-state index contributed by atoms with van der Waals surface area (Å²) in [5, 5.41) is 12.8. The number of methoxy groups -OCH3 is 1. The summed E-state index contributed by atoms with van der Waals surface area (Å²) >= 11 is 0. The Labute approximate surface area is 111 Å². The number of aromatic nitrogens is 2. The van der Waals surface area contributed by atoms with Crippen LogP contribution in [-0.4, -0.2) is 23.9 Å². The predicted molar refractivity (Wildman–Crippen MR) is 69.4 cm³/mol. The van der Waals surface area contributed by atoms with E-state index in [9.17, 15) is 0 Å². The number of benzene rings is 1. The van der Waals surface area contributed by atoms with E-state index in [4.69, 9.17) is 14.5 Å². The second-order valence-electron chi connectivity index (χ2n) is 4.25. The van der Waals surface area contributed by atoms with Crippen LogP contribution in [0.4, 0.5) is 0 Å². The average Bonchev–Trinajstić information content (AvgIpc) is 2.87. The number of nitriles is 1. The lowest BCUT2D eigenvalue weighted by molar-refractivity contribution is 0.194. The van der Waals surface area contributed by atoms with E-state index in [1.807, 2.05) is 19.1 Å². The van der Waals surface area contributed by atoms with Crippen LogP contribution in [-0.2, 0) is 11.2 Å². The smallest absolute Gasteiger partial charge is 0.258 e. The molecule has 5 nitrogen and oxygen atoms in total. The van der Waals surface area contributed by atoms with Gasteiger partial charge in [0.15, 0.2) is 5.82 Å². The van der Waals surface area contributed by atoms with E-state index in [0.29, 0.717) is 23.9 Å². The molecule has 0 unspecified atom stereocenters. The van der Waals surface area contributed by atoms with Crippen molar-refractivity contribution in [3.05, 3.63) is 35.2 Å². The third kappa shape index (κ3) is 3.18. The van der Waals surface area contributed by atoms with E-state index in [1.54, 1.807) is 13.2 Å². The van der Waals surface area contributed by atoms with Crippen LogP contribution >= 0.6 is 0 Å². The molecule has 2 aromatic rings. The molecule has 0 saturated heterocycles. The van der Waals surface area contributed by atoms with Gasteiger partial charge in [-0.1, -0.05) is 5.16 Å². The summed E-state index contributed by atoms with van der Waals surface area (Å²) < 4.78 is 10.2. The van der Waals surface area contributed by atoms with E-state index in [0.717, 1.165) is 24.0 Å². The van der Waals surface area contributed by atoms with Crippen molar-refractivity contribution in [3.63, 3.8) is 0 Å². The largest absolute Gasteiger partial charge is 0.385 e. The van der Waals surface area contributed by atoms with Crippen molar-refractivity contribution in [2.75, 3.05) is 13.7 Å². The molecule has 0 N–H and O–H groups in total. The van der Waals surface area contributed by atoms with Crippen LogP contribution in [0, 0.1) is 18.3 Å². The molecule has 0 fully saturated rings. The fourth-order valence-electron chi connectivity index (χ4n) is 1.81. The number of nitrogens with zero attached hydrogens (tertiary/aromatic N) is 3. The second kappa shape index (κ2) is 6.12. The molecule has 1 aromatic heterocycles. The van der Waals surface area contributed by atoms with Gasteiger partial charge in [-0.3, -0.25) is 0 Å². The normalized spacial score (nSPS) is 10.4. The molecule has 0 aliphatic rings. The first-order chi connectivity index (χ1) is 9.24. The molecule has 0 amide bonds. The maximum absolute atomic E-state index is 8.83. The van der Waals surface area contributed by atoms with E-state index in [2.05, 4.69) is 16.2 Å². The first-order valence-electron chi connectivity index (χ1n) is 6.07. The Morgan fingerprint density at radius 2 is 2.26 bits per heavy atom. The Balaban J connectivity index is 2.16. The third-order valence-electron chi connectivity index (χ3n) is 2.80.